The van der Waals surface area contributed by atoms with Gasteiger partial charge < -0.3 is 10.6 Å². The highest BCUT2D eigenvalue weighted by Gasteiger charge is 2.35. The van der Waals surface area contributed by atoms with Crippen molar-refractivity contribution < 1.29 is 0 Å². The number of nitrogens with one attached hydrogen (secondary N) is 2. The van der Waals surface area contributed by atoms with E-state index in [-0.39, 0.29) is 0 Å². The van der Waals surface area contributed by atoms with E-state index >= 15 is 0 Å². The van der Waals surface area contributed by atoms with Crippen molar-refractivity contribution in [2.24, 2.45) is 0 Å². The van der Waals surface area contributed by atoms with Crippen molar-refractivity contribution >= 4 is 0 Å². The van der Waals surface area contributed by atoms with E-state index in [0.29, 0.717) is 24.2 Å². The van der Waals surface area contributed by atoms with Crippen LogP contribution in [0.3, 0.4) is 0 Å². The molecule has 0 aromatic heterocycles. The molecule has 2 N–H and O–H groups in total. The summed E-state index contributed by atoms with van der Waals surface area (Å²) in [5.41, 5.74) is 2.87. The Bertz CT molecular complexity index is 540. The Kier molecular flexibility index (Phi) is 3.96. The van der Waals surface area contributed by atoms with Gasteiger partial charge in [-0.15, -0.1) is 0 Å². The summed E-state index contributed by atoms with van der Waals surface area (Å²) in [7, 11) is 0. The van der Waals surface area contributed by atoms with Crippen LogP contribution in [0.15, 0.2) is 60.7 Å². The molecule has 0 aliphatic carbocycles. The predicted molar refractivity (Wildman–Crippen MR) is 90.7 cm³/mol. The maximum absolute atomic E-state index is 3.88. The maximum Gasteiger partial charge on any atom is 0.0323 e. The van der Waals surface area contributed by atoms with Gasteiger partial charge in [-0.1, -0.05) is 60.7 Å². The van der Waals surface area contributed by atoms with E-state index in [1.54, 1.807) is 0 Å². The normalized spacial score (nSPS) is 31.5. The van der Waals surface area contributed by atoms with Crippen LogP contribution in [0.2, 0.25) is 0 Å². The smallest absolute Gasteiger partial charge is 0.0323 e. The molecule has 2 heteroatoms. The molecule has 4 atom stereocenters. The summed E-state index contributed by atoms with van der Waals surface area (Å²) < 4.78 is 0. The van der Waals surface area contributed by atoms with Crippen LogP contribution in [0.4, 0.5) is 0 Å². The van der Waals surface area contributed by atoms with Gasteiger partial charge in [0.05, 0.1) is 0 Å². The lowest BCUT2D eigenvalue weighted by Crippen LogP contribution is -2.56. The number of rotatable bonds is 2. The van der Waals surface area contributed by atoms with Crippen LogP contribution in [0, 0.1) is 0 Å². The Labute approximate surface area is 132 Å². The lowest BCUT2D eigenvalue weighted by Gasteiger charge is -2.44. The van der Waals surface area contributed by atoms with Crippen molar-refractivity contribution in [3.63, 3.8) is 0 Å². The second-order valence-corrected chi connectivity index (χ2v) is 6.63. The SMILES string of the molecule is c1ccc([C@@H]2CC[C@@H]3N[C@H](c4ccccc4)CC[C@@H]3N2)cc1. The summed E-state index contributed by atoms with van der Waals surface area (Å²) in [5.74, 6) is 0. The molecule has 2 aliphatic rings. The lowest BCUT2D eigenvalue weighted by atomic mass is 9.82. The summed E-state index contributed by atoms with van der Waals surface area (Å²) in [6.07, 6.45) is 4.97. The lowest BCUT2D eigenvalue weighted by molar-refractivity contribution is 0.182. The van der Waals surface area contributed by atoms with Gasteiger partial charge in [-0.05, 0) is 36.8 Å². The summed E-state index contributed by atoms with van der Waals surface area (Å²) in [6, 6.07) is 24.1. The van der Waals surface area contributed by atoms with Crippen LogP contribution >= 0.6 is 0 Å². The monoisotopic (exact) mass is 292 g/mol. The topological polar surface area (TPSA) is 24.1 Å². The predicted octanol–water partition coefficient (Wildman–Crippen LogP) is 3.97. The average molecular weight is 292 g/mol. The molecule has 0 saturated carbocycles. The standard InChI is InChI=1S/C20H24N2/c1-3-7-15(8-4-1)17-11-13-20-19(21-17)14-12-18(22-20)16-9-5-2-6-10-16/h1-10,17-22H,11-14H2/t17-,18-,19-,20-/m0/s1. The number of hydrogen-bond donors (Lipinski definition) is 2. The van der Waals surface area contributed by atoms with Crippen LogP contribution in [0.5, 0.6) is 0 Å². The second kappa shape index (κ2) is 6.23. The molecule has 22 heavy (non-hydrogen) atoms. The van der Waals surface area contributed by atoms with Gasteiger partial charge in [0.1, 0.15) is 0 Å². The fraction of sp³-hybridized carbons (Fsp3) is 0.400. The van der Waals surface area contributed by atoms with Crippen LogP contribution in [-0.4, -0.2) is 12.1 Å². The number of piperidine rings is 2. The summed E-state index contributed by atoms with van der Waals surface area (Å²) in [6.45, 7) is 0. The van der Waals surface area contributed by atoms with E-state index in [0.717, 1.165) is 0 Å². The molecule has 2 fully saturated rings. The molecule has 0 unspecified atom stereocenters. The Morgan fingerprint density at radius 3 is 1.36 bits per heavy atom. The third-order valence-corrected chi connectivity index (χ3v) is 5.25. The van der Waals surface area contributed by atoms with Gasteiger partial charge in [0.25, 0.3) is 0 Å². The molecule has 0 amide bonds. The molecule has 0 spiro atoms. The van der Waals surface area contributed by atoms with E-state index in [1.165, 1.54) is 36.8 Å². The van der Waals surface area contributed by atoms with E-state index in [1.807, 2.05) is 0 Å². The molecule has 4 rings (SSSR count). The zero-order chi connectivity index (χ0) is 14.8. The largest absolute Gasteiger partial charge is 0.306 e. The van der Waals surface area contributed by atoms with Gasteiger partial charge in [0.2, 0.25) is 0 Å². The van der Waals surface area contributed by atoms with Crippen molar-refractivity contribution in [3.05, 3.63) is 71.8 Å². The van der Waals surface area contributed by atoms with Crippen molar-refractivity contribution in [2.45, 2.75) is 49.9 Å². The Hall–Kier alpha value is -1.64. The highest BCUT2D eigenvalue weighted by Crippen LogP contribution is 2.33. The molecule has 2 aromatic rings. The maximum atomic E-state index is 3.88. The molecule has 114 valence electrons. The van der Waals surface area contributed by atoms with Gasteiger partial charge in [-0.3, -0.25) is 0 Å². The molecular formula is C20H24N2. The molecule has 0 radical (unpaired) electrons. The summed E-state index contributed by atoms with van der Waals surface area (Å²) in [5, 5.41) is 7.76. The third-order valence-electron chi connectivity index (χ3n) is 5.25. The molecule has 2 aromatic carbocycles. The summed E-state index contributed by atoms with van der Waals surface area (Å²) >= 11 is 0. The fourth-order valence-corrected chi connectivity index (χ4v) is 4.07. The van der Waals surface area contributed by atoms with Gasteiger partial charge >= 0.3 is 0 Å². The van der Waals surface area contributed by atoms with Crippen molar-refractivity contribution in [3.8, 4) is 0 Å². The van der Waals surface area contributed by atoms with Crippen molar-refractivity contribution in [1.82, 2.24) is 10.6 Å². The molecule has 2 heterocycles. The van der Waals surface area contributed by atoms with E-state index in [2.05, 4.69) is 71.3 Å². The van der Waals surface area contributed by atoms with Gasteiger partial charge in [0.15, 0.2) is 0 Å². The number of fused-ring (bicyclic) bond motifs is 1. The number of hydrogen-bond acceptors (Lipinski definition) is 2. The first-order valence-electron chi connectivity index (χ1n) is 8.52. The van der Waals surface area contributed by atoms with Gasteiger partial charge in [-0.2, -0.15) is 0 Å². The zero-order valence-corrected chi connectivity index (χ0v) is 12.9. The van der Waals surface area contributed by atoms with E-state index in [9.17, 15) is 0 Å². The highest BCUT2D eigenvalue weighted by molar-refractivity contribution is 5.22. The molecule has 2 aliphatic heterocycles. The third kappa shape index (κ3) is 2.81. The van der Waals surface area contributed by atoms with Crippen molar-refractivity contribution in [2.75, 3.05) is 0 Å². The second-order valence-electron chi connectivity index (χ2n) is 6.63. The molecule has 2 nitrogen and oxygen atoms in total. The van der Waals surface area contributed by atoms with Crippen LogP contribution < -0.4 is 10.6 Å². The van der Waals surface area contributed by atoms with E-state index in [4.69, 9.17) is 0 Å². The number of benzene rings is 2. The molecular weight excluding hydrogens is 268 g/mol. The fourth-order valence-electron chi connectivity index (χ4n) is 4.07. The zero-order valence-electron chi connectivity index (χ0n) is 12.9. The van der Waals surface area contributed by atoms with Crippen LogP contribution in [0.1, 0.15) is 48.9 Å². The van der Waals surface area contributed by atoms with Gasteiger partial charge in [0, 0.05) is 24.2 Å². The molecule has 2 saturated heterocycles. The first-order valence-corrected chi connectivity index (χ1v) is 8.52. The highest BCUT2D eigenvalue weighted by atomic mass is 15.1. The molecule has 0 bridgehead atoms. The first kappa shape index (κ1) is 14.0. The Morgan fingerprint density at radius 2 is 0.955 bits per heavy atom. The minimum absolute atomic E-state index is 0.525. The summed E-state index contributed by atoms with van der Waals surface area (Å²) in [4.78, 5) is 0. The Balaban J connectivity index is 1.43. The minimum atomic E-state index is 0.525. The van der Waals surface area contributed by atoms with Crippen molar-refractivity contribution in [1.29, 1.82) is 0 Å². The first-order chi connectivity index (χ1) is 10.9. The quantitative estimate of drug-likeness (QED) is 0.875. The average Bonchev–Trinajstić information content (AvgIpc) is 2.62. The van der Waals surface area contributed by atoms with Crippen LogP contribution in [0.25, 0.3) is 0 Å². The van der Waals surface area contributed by atoms with Gasteiger partial charge in [-0.25, -0.2) is 0 Å². The minimum Gasteiger partial charge on any atom is -0.306 e. The van der Waals surface area contributed by atoms with Crippen LogP contribution in [-0.2, 0) is 0 Å². The Morgan fingerprint density at radius 1 is 0.545 bits per heavy atom. The van der Waals surface area contributed by atoms with E-state index < -0.39 is 0 Å².